The highest BCUT2D eigenvalue weighted by molar-refractivity contribution is 6.36. The molecule has 2 aromatic carbocycles. The van der Waals surface area contributed by atoms with Crippen LogP contribution in [0.2, 0.25) is 10.0 Å². The van der Waals surface area contributed by atoms with Crippen molar-refractivity contribution in [2.75, 3.05) is 7.11 Å². The number of pyridine rings is 1. The molecule has 0 saturated carbocycles. The number of nitrogens with two attached hydrogens (primary N) is 1. The SMILES string of the molecule is COc1ccc(CC(NC(=O)c2cccnc2-n2ccc(-c3ccc(Cl)cc3Cl)n2)C2(C(N)=O)OC=CO2)cc1. The van der Waals surface area contributed by atoms with Crippen molar-refractivity contribution in [1.29, 1.82) is 0 Å². The van der Waals surface area contributed by atoms with Gasteiger partial charge in [0.15, 0.2) is 5.82 Å². The molecular formula is C28H23Cl2N5O5. The molecule has 0 fully saturated rings. The zero-order valence-corrected chi connectivity index (χ0v) is 22.6. The van der Waals surface area contributed by atoms with Crippen LogP contribution in [0.25, 0.3) is 17.1 Å². The lowest BCUT2D eigenvalue weighted by molar-refractivity contribution is -0.182. The third-order valence-corrected chi connectivity index (χ3v) is 6.84. The highest BCUT2D eigenvalue weighted by atomic mass is 35.5. The Hall–Kier alpha value is -4.54. The molecule has 0 aliphatic carbocycles. The summed E-state index contributed by atoms with van der Waals surface area (Å²) in [4.78, 5) is 30.6. The summed E-state index contributed by atoms with van der Waals surface area (Å²) in [6.45, 7) is 0. The van der Waals surface area contributed by atoms with Crippen LogP contribution in [-0.4, -0.2) is 45.5 Å². The summed E-state index contributed by atoms with van der Waals surface area (Å²) in [5.41, 5.74) is 7.88. The number of halogens is 2. The molecule has 3 heterocycles. The number of amides is 2. The van der Waals surface area contributed by atoms with Gasteiger partial charge < -0.3 is 25.3 Å². The second-order valence-corrected chi connectivity index (χ2v) is 9.61. The van der Waals surface area contributed by atoms with Crippen molar-refractivity contribution in [3.05, 3.63) is 107 Å². The van der Waals surface area contributed by atoms with E-state index < -0.39 is 23.6 Å². The molecule has 2 aromatic heterocycles. The van der Waals surface area contributed by atoms with Crippen molar-refractivity contribution in [2.45, 2.75) is 18.2 Å². The van der Waals surface area contributed by atoms with E-state index in [1.165, 1.54) is 23.4 Å². The van der Waals surface area contributed by atoms with Gasteiger partial charge in [-0.3, -0.25) is 9.59 Å². The van der Waals surface area contributed by atoms with Crippen LogP contribution >= 0.6 is 23.2 Å². The van der Waals surface area contributed by atoms with Gasteiger partial charge in [-0.05, 0) is 54.1 Å². The number of ether oxygens (including phenoxy) is 3. The van der Waals surface area contributed by atoms with Crippen LogP contribution in [0, 0.1) is 0 Å². The number of nitrogens with zero attached hydrogens (tertiary/aromatic N) is 3. The lowest BCUT2D eigenvalue weighted by Crippen LogP contribution is -2.61. The number of hydrogen-bond acceptors (Lipinski definition) is 7. The lowest BCUT2D eigenvalue weighted by atomic mass is 9.97. The van der Waals surface area contributed by atoms with Gasteiger partial charge in [0.05, 0.1) is 23.4 Å². The zero-order chi connectivity index (χ0) is 28.3. The number of hydrogen-bond donors (Lipinski definition) is 2. The zero-order valence-electron chi connectivity index (χ0n) is 21.1. The Morgan fingerprint density at radius 3 is 2.52 bits per heavy atom. The van der Waals surface area contributed by atoms with E-state index in [0.717, 1.165) is 5.56 Å². The summed E-state index contributed by atoms with van der Waals surface area (Å²) in [6.07, 6.45) is 5.76. The van der Waals surface area contributed by atoms with E-state index in [0.29, 0.717) is 27.1 Å². The molecular weight excluding hydrogens is 557 g/mol. The molecule has 3 N–H and O–H groups in total. The molecule has 10 nitrogen and oxygen atoms in total. The molecule has 40 heavy (non-hydrogen) atoms. The molecule has 12 heteroatoms. The summed E-state index contributed by atoms with van der Waals surface area (Å²) in [6, 6.07) is 16.2. The number of methoxy groups -OCH3 is 1. The standard InChI is InChI=1S/C28H23Cl2N5O5/c1-38-19-7-4-17(5-8-19)15-24(28(27(31)37)39-13-14-40-28)33-26(36)21-3-2-11-32-25(21)35-12-10-23(34-35)20-9-6-18(29)16-22(20)30/h2-14,16,24H,15H2,1H3,(H2,31,37)(H,33,36). The maximum Gasteiger partial charge on any atom is 0.352 e. The van der Waals surface area contributed by atoms with Crippen molar-refractivity contribution in [3.8, 4) is 22.8 Å². The summed E-state index contributed by atoms with van der Waals surface area (Å²) in [5, 5.41) is 8.36. The molecule has 1 unspecified atom stereocenters. The van der Waals surface area contributed by atoms with Crippen LogP contribution in [0.1, 0.15) is 15.9 Å². The molecule has 1 aliphatic heterocycles. The van der Waals surface area contributed by atoms with Crippen LogP contribution in [0.5, 0.6) is 5.75 Å². The first-order valence-electron chi connectivity index (χ1n) is 12.0. The van der Waals surface area contributed by atoms with Gasteiger partial charge in [-0.1, -0.05) is 35.3 Å². The van der Waals surface area contributed by atoms with Gasteiger partial charge >= 0.3 is 11.7 Å². The number of primary amides is 1. The fourth-order valence-electron chi connectivity index (χ4n) is 4.29. The minimum atomic E-state index is -1.96. The minimum absolute atomic E-state index is 0.150. The Morgan fingerprint density at radius 1 is 1.10 bits per heavy atom. The highest BCUT2D eigenvalue weighted by Crippen LogP contribution is 2.30. The van der Waals surface area contributed by atoms with E-state index in [1.807, 2.05) is 0 Å². The summed E-state index contributed by atoms with van der Waals surface area (Å²) in [7, 11) is 1.56. The maximum atomic E-state index is 13.7. The van der Waals surface area contributed by atoms with Crippen molar-refractivity contribution in [3.63, 3.8) is 0 Å². The molecule has 0 bridgehead atoms. The summed E-state index contributed by atoms with van der Waals surface area (Å²) in [5.74, 6) is -2.51. The first kappa shape index (κ1) is 27.0. The van der Waals surface area contributed by atoms with Crippen molar-refractivity contribution >= 4 is 35.0 Å². The Kier molecular flexibility index (Phi) is 7.63. The van der Waals surface area contributed by atoms with E-state index in [9.17, 15) is 9.59 Å². The van der Waals surface area contributed by atoms with Crippen molar-refractivity contribution in [2.24, 2.45) is 5.73 Å². The normalized spacial score (nSPS) is 14.2. The van der Waals surface area contributed by atoms with Gasteiger partial charge in [0, 0.05) is 29.4 Å². The first-order chi connectivity index (χ1) is 19.3. The largest absolute Gasteiger partial charge is 0.497 e. The van der Waals surface area contributed by atoms with Gasteiger partial charge in [-0.25, -0.2) is 9.67 Å². The Bertz CT molecular complexity index is 1580. The van der Waals surface area contributed by atoms with E-state index in [2.05, 4.69) is 15.4 Å². The molecule has 1 aliphatic rings. The molecule has 4 aromatic rings. The molecule has 1 atom stereocenters. The van der Waals surface area contributed by atoms with E-state index in [-0.39, 0.29) is 17.8 Å². The predicted molar refractivity (Wildman–Crippen MR) is 148 cm³/mol. The first-order valence-corrected chi connectivity index (χ1v) is 12.8. The van der Waals surface area contributed by atoms with E-state index >= 15 is 0 Å². The average molecular weight is 580 g/mol. The van der Waals surface area contributed by atoms with Crippen molar-refractivity contribution < 1.29 is 23.8 Å². The monoisotopic (exact) mass is 579 g/mol. The fraction of sp³-hybridized carbons (Fsp3) is 0.143. The Balaban J connectivity index is 1.46. The summed E-state index contributed by atoms with van der Waals surface area (Å²) >= 11 is 12.4. The van der Waals surface area contributed by atoms with Crippen LogP contribution in [-0.2, 0) is 20.7 Å². The van der Waals surface area contributed by atoms with Crippen LogP contribution in [0.3, 0.4) is 0 Å². The highest BCUT2D eigenvalue weighted by Gasteiger charge is 2.51. The smallest absolute Gasteiger partial charge is 0.352 e. The molecule has 0 saturated heterocycles. The second-order valence-electron chi connectivity index (χ2n) is 8.76. The number of carbonyl (C=O) groups excluding carboxylic acids is 2. The topological polar surface area (TPSA) is 131 Å². The van der Waals surface area contributed by atoms with Gasteiger partial charge in [0.2, 0.25) is 0 Å². The second kappa shape index (κ2) is 11.3. The van der Waals surface area contributed by atoms with Crippen LogP contribution in [0.4, 0.5) is 0 Å². The molecule has 5 rings (SSSR count). The Morgan fingerprint density at radius 2 is 1.85 bits per heavy atom. The van der Waals surface area contributed by atoms with Crippen molar-refractivity contribution in [1.82, 2.24) is 20.1 Å². The van der Waals surface area contributed by atoms with Gasteiger partial charge in [0.25, 0.3) is 5.91 Å². The minimum Gasteiger partial charge on any atom is -0.497 e. The number of carbonyl (C=O) groups is 2. The number of aromatic nitrogens is 3. The van der Waals surface area contributed by atoms with Crippen LogP contribution in [0.15, 0.2) is 85.6 Å². The fourth-order valence-corrected chi connectivity index (χ4v) is 4.80. The van der Waals surface area contributed by atoms with E-state index in [4.69, 9.17) is 43.1 Å². The maximum absolute atomic E-state index is 13.7. The third kappa shape index (κ3) is 5.31. The van der Waals surface area contributed by atoms with E-state index in [1.54, 1.807) is 74.0 Å². The lowest BCUT2D eigenvalue weighted by Gasteiger charge is -2.33. The molecule has 204 valence electrons. The number of nitrogens with one attached hydrogen (secondary N) is 1. The van der Waals surface area contributed by atoms with Gasteiger partial charge in [-0.2, -0.15) is 5.10 Å². The third-order valence-electron chi connectivity index (χ3n) is 6.29. The predicted octanol–water partition coefficient (Wildman–Crippen LogP) is 4.29. The molecule has 0 radical (unpaired) electrons. The molecule has 0 spiro atoms. The number of rotatable bonds is 9. The quantitative estimate of drug-likeness (QED) is 0.302. The molecule has 2 amide bonds. The van der Waals surface area contributed by atoms with Gasteiger partial charge in [-0.15, -0.1) is 0 Å². The Labute approximate surface area is 239 Å². The summed E-state index contributed by atoms with van der Waals surface area (Å²) < 4.78 is 17.7. The van der Waals surface area contributed by atoms with Crippen LogP contribution < -0.4 is 15.8 Å². The average Bonchev–Trinajstić information content (AvgIpc) is 3.64. The number of benzene rings is 2. The van der Waals surface area contributed by atoms with Gasteiger partial charge in [0.1, 0.15) is 24.3 Å².